The number of phenolic OH excluding ortho intramolecular Hbond substituents is 1. The van der Waals surface area contributed by atoms with Crippen LogP contribution >= 0.6 is 23.6 Å². The first-order chi connectivity index (χ1) is 17.9. The summed E-state index contributed by atoms with van der Waals surface area (Å²) >= 11 is 6.74. The zero-order valence-electron chi connectivity index (χ0n) is 19.6. The maximum Gasteiger partial charge on any atom is 0.293 e. The zero-order valence-corrected chi connectivity index (χ0v) is 21.3. The summed E-state index contributed by atoms with van der Waals surface area (Å²) in [5.74, 6) is -0.553. The third kappa shape index (κ3) is 5.37. The van der Waals surface area contributed by atoms with Crippen LogP contribution in [-0.2, 0) is 0 Å². The second-order valence-electron chi connectivity index (χ2n) is 8.64. The van der Waals surface area contributed by atoms with Gasteiger partial charge in [-0.2, -0.15) is 0 Å². The Labute approximate surface area is 221 Å². The first kappa shape index (κ1) is 24.6. The molecule has 1 fully saturated rings. The van der Waals surface area contributed by atoms with Gasteiger partial charge in [0, 0.05) is 36.5 Å². The van der Waals surface area contributed by atoms with Gasteiger partial charge in [-0.3, -0.25) is 20.2 Å². The minimum Gasteiger partial charge on any atom is -0.507 e. The highest BCUT2D eigenvalue weighted by atomic mass is 32.1. The number of piperidine rings is 1. The number of para-hydroxylation sites is 1. The number of rotatable bonds is 5. The number of hydrogen-bond acceptors (Lipinski definition) is 8. The number of nitro groups is 1. The predicted octanol–water partition coefficient (Wildman–Crippen LogP) is 5.69. The lowest BCUT2D eigenvalue weighted by atomic mass is 10.1. The molecular weight excluding hydrogens is 510 g/mol. The number of thiazole rings is 1. The summed E-state index contributed by atoms with van der Waals surface area (Å²) in [5.41, 5.74) is 2.46. The lowest BCUT2D eigenvalue weighted by Crippen LogP contribution is -2.34. The summed E-state index contributed by atoms with van der Waals surface area (Å²) in [6.45, 7) is 1.51. The van der Waals surface area contributed by atoms with E-state index < -0.39 is 10.8 Å². The SMILES string of the molecule is O=C(NC(=S)Nc1ccc(-c2nc3ccccc3s2)c(O)c1)c1ccc(N2CCCCC2)c([N+](=O)[O-])c1. The number of phenols is 1. The molecule has 188 valence electrons. The van der Waals surface area contributed by atoms with Gasteiger partial charge in [-0.05, 0) is 67.9 Å². The summed E-state index contributed by atoms with van der Waals surface area (Å²) in [4.78, 5) is 30.6. The van der Waals surface area contributed by atoms with Crippen molar-refractivity contribution in [3.05, 3.63) is 76.3 Å². The van der Waals surface area contributed by atoms with E-state index in [1.807, 2.05) is 29.2 Å². The van der Waals surface area contributed by atoms with Gasteiger partial charge >= 0.3 is 0 Å². The Hall–Kier alpha value is -4.09. The van der Waals surface area contributed by atoms with Crippen molar-refractivity contribution in [3.8, 4) is 16.3 Å². The first-order valence-corrected chi connectivity index (χ1v) is 13.0. The van der Waals surface area contributed by atoms with Crippen molar-refractivity contribution < 1.29 is 14.8 Å². The fourth-order valence-electron chi connectivity index (χ4n) is 4.33. The Morgan fingerprint density at radius 3 is 2.59 bits per heavy atom. The van der Waals surface area contributed by atoms with Gasteiger partial charge < -0.3 is 15.3 Å². The van der Waals surface area contributed by atoms with Crippen molar-refractivity contribution in [2.45, 2.75) is 19.3 Å². The van der Waals surface area contributed by atoms with Crippen molar-refractivity contribution in [2.24, 2.45) is 0 Å². The molecule has 0 spiro atoms. The number of nitrogens with one attached hydrogen (secondary N) is 2. The van der Waals surface area contributed by atoms with Crippen LogP contribution in [0.5, 0.6) is 5.75 Å². The molecule has 1 saturated heterocycles. The molecule has 11 heteroatoms. The highest BCUT2D eigenvalue weighted by Gasteiger charge is 2.23. The van der Waals surface area contributed by atoms with Gasteiger partial charge in [-0.25, -0.2) is 4.98 Å². The molecule has 4 aromatic rings. The average Bonchev–Trinajstić information content (AvgIpc) is 3.32. The number of fused-ring (bicyclic) bond motifs is 1. The molecule has 1 aliphatic rings. The number of nitrogens with zero attached hydrogens (tertiary/aromatic N) is 3. The van der Waals surface area contributed by atoms with Crippen LogP contribution in [0, 0.1) is 10.1 Å². The van der Waals surface area contributed by atoms with Gasteiger partial charge in [0.1, 0.15) is 16.4 Å². The molecule has 3 aromatic carbocycles. The largest absolute Gasteiger partial charge is 0.507 e. The number of anilines is 2. The first-order valence-electron chi connectivity index (χ1n) is 11.7. The number of aromatic hydroxyl groups is 1. The summed E-state index contributed by atoms with van der Waals surface area (Å²) < 4.78 is 1.02. The fraction of sp³-hybridized carbons (Fsp3) is 0.192. The zero-order chi connectivity index (χ0) is 25.9. The van der Waals surface area contributed by atoms with Crippen molar-refractivity contribution in [3.63, 3.8) is 0 Å². The maximum absolute atomic E-state index is 12.8. The molecule has 3 N–H and O–H groups in total. The number of aromatic nitrogens is 1. The minimum absolute atomic E-state index is 0.0000952. The number of carbonyl (C=O) groups excluding carboxylic acids is 1. The molecule has 0 saturated carbocycles. The standard InChI is InChI=1S/C26H23N5O4S2/c32-22-15-17(9-10-18(22)25-28-19-6-2-3-7-23(19)37-25)27-26(36)29-24(33)16-8-11-20(21(14-16)31(34)35)30-12-4-1-5-13-30/h2-3,6-11,14-15,32H,1,4-5,12-13H2,(H2,27,29,33,36). The smallest absolute Gasteiger partial charge is 0.293 e. The van der Waals surface area contributed by atoms with Crippen molar-refractivity contribution in [2.75, 3.05) is 23.3 Å². The molecule has 0 radical (unpaired) electrons. The maximum atomic E-state index is 12.8. The van der Waals surface area contributed by atoms with Gasteiger partial charge in [-0.15, -0.1) is 11.3 Å². The Kier molecular flexibility index (Phi) is 6.97. The molecule has 1 aliphatic heterocycles. The molecule has 37 heavy (non-hydrogen) atoms. The van der Waals surface area contributed by atoms with Gasteiger partial charge in [-0.1, -0.05) is 12.1 Å². The van der Waals surface area contributed by atoms with Crippen LogP contribution in [0.2, 0.25) is 0 Å². The molecule has 0 unspecified atom stereocenters. The summed E-state index contributed by atoms with van der Waals surface area (Å²) in [6, 6.07) is 17.1. The molecule has 9 nitrogen and oxygen atoms in total. The van der Waals surface area contributed by atoms with E-state index in [1.54, 1.807) is 24.3 Å². The monoisotopic (exact) mass is 533 g/mol. The number of hydrogen-bond donors (Lipinski definition) is 3. The fourth-order valence-corrected chi connectivity index (χ4v) is 5.54. The second-order valence-corrected chi connectivity index (χ2v) is 10.1. The van der Waals surface area contributed by atoms with E-state index in [1.165, 1.54) is 23.5 Å². The highest BCUT2D eigenvalue weighted by Crippen LogP contribution is 2.36. The van der Waals surface area contributed by atoms with Gasteiger partial charge in [0.25, 0.3) is 11.6 Å². The lowest BCUT2D eigenvalue weighted by molar-refractivity contribution is -0.384. The van der Waals surface area contributed by atoms with E-state index in [-0.39, 0.29) is 22.1 Å². The topological polar surface area (TPSA) is 121 Å². The van der Waals surface area contributed by atoms with E-state index in [0.717, 1.165) is 42.6 Å². The molecule has 1 amide bonds. The Morgan fingerprint density at radius 2 is 1.86 bits per heavy atom. The van der Waals surface area contributed by atoms with E-state index >= 15 is 0 Å². The number of thiocarbonyl (C=S) groups is 1. The molecule has 5 rings (SSSR count). The molecule has 1 aromatic heterocycles. The van der Waals surface area contributed by atoms with E-state index in [0.29, 0.717) is 21.9 Å². The van der Waals surface area contributed by atoms with Crippen LogP contribution in [0.25, 0.3) is 20.8 Å². The van der Waals surface area contributed by atoms with Crippen molar-refractivity contribution >= 4 is 61.9 Å². The second kappa shape index (κ2) is 10.5. The number of carbonyl (C=O) groups is 1. The molecule has 0 bridgehead atoms. The third-order valence-electron chi connectivity index (χ3n) is 6.14. The van der Waals surface area contributed by atoms with Crippen LogP contribution in [0.1, 0.15) is 29.6 Å². The lowest BCUT2D eigenvalue weighted by Gasteiger charge is -2.28. The normalized spacial score (nSPS) is 13.4. The van der Waals surface area contributed by atoms with Crippen LogP contribution in [0.3, 0.4) is 0 Å². The number of nitro benzene ring substituents is 1. The van der Waals surface area contributed by atoms with Crippen LogP contribution in [0.15, 0.2) is 60.7 Å². The van der Waals surface area contributed by atoms with Crippen molar-refractivity contribution in [1.82, 2.24) is 10.3 Å². The van der Waals surface area contributed by atoms with Crippen LogP contribution in [0.4, 0.5) is 17.1 Å². The Balaban J connectivity index is 1.27. The summed E-state index contributed by atoms with van der Waals surface area (Å²) in [7, 11) is 0. The predicted molar refractivity (Wildman–Crippen MR) is 150 cm³/mol. The van der Waals surface area contributed by atoms with Gasteiger partial charge in [0.05, 0.1) is 20.7 Å². The van der Waals surface area contributed by atoms with Gasteiger partial charge in [0.15, 0.2) is 5.11 Å². The average molecular weight is 534 g/mol. The molecule has 0 atom stereocenters. The van der Waals surface area contributed by atoms with Crippen molar-refractivity contribution in [1.29, 1.82) is 0 Å². The van der Waals surface area contributed by atoms with Crippen LogP contribution in [-0.4, -0.2) is 39.1 Å². The Morgan fingerprint density at radius 1 is 1.08 bits per heavy atom. The quantitative estimate of drug-likeness (QED) is 0.170. The number of amides is 1. The Bertz CT molecular complexity index is 1480. The van der Waals surface area contributed by atoms with Gasteiger partial charge in [0.2, 0.25) is 0 Å². The summed E-state index contributed by atoms with van der Waals surface area (Å²) in [6.07, 6.45) is 3.07. The molecular formula is C26H23N5O4S2. The molecule has 0 aliphatic carbocycles. The minimum atomic E-state index is -0.568. The van der Waals surface area contributed by atoms with E-state index in [4.69, 9.17) is 12.2 Å². The highest BCUT2D eigenvalue weighted by molar-refractivity contribution is 7.80. The third-order valence-corrected chi connectivity index (χ3v) is 7.41. The van der Waals surface area contributed by atoms with E-state index in [2.05, 4.69) is 15.6 Å². The van der Waals surface area contributed by atoms with Crippen LogP contribution < -0.4 is 15.5 Å². The summed E-state index contributed by atoms with van der Waals surface area (Å²) in [5, 5.41) is 28.4. The van der Waals surface area contributed by atoms with E-state index in [9.17, 15) is 20.0 Å². The number of benzene rings is 3. The molecule has 2 heterocycles.